The van der Waals surface area contributed by atoms with E-state index in [0.717, 1.165) is 18.1 Å². The van der Waals surface area contributed by atoms with E-state index in [-0.39, 0.29) is 5.54 Å². The zero-order valence-electron chi connectivity index (χ0n) is 10.7. The number of aryl methyl sites for hydroxylation is 1. The monoisotopic (exact) mass is 209 g/mol. The fourth-order valence-electron chi connectivity index (χ4n) is 2.17. The largest absolute Gasteiger partial charge is 0.351 e. The zero-order valence-corrected chi connectivity index (χ0v) is 10.7. The van der Waals surface area contributed by atoms with Crippen LogP contribution in [0.4, 0.5) is 5.95 Å². The summed E-state index contributed by atoms with van der Waals surface area (Å²) < 4.78 is 0. The molecule has 1 aromatic heterocycles. The molecule has 0 atom stereocenters. The maximum Gasteiger partial charge on any atom is 0.200 e. The third kappa shape index (κ3) is 4.36. The highest BCUT2D eigenvalue weighted by atomic mass is 15.1. The first-order chi connectivity index (χ1) is 6.68. The summed E-state index contributed by atoms with van der Waals surface area (Å²) in [5.41, 5.74) is 1.46. The van der Waals surface area contributed by atoms with Crippen molar-refractivity contribution in [3.05, 3.63) is 11.9 Å². The van der Waals surface area contributed by atoms with Gasteiger partial charge in [0.25, 0.3) is 0 Å². The molecule has 0 unspecified atom stereocenters. The highest BCUT2D eigenvalue weighted by molar-refractivity contribution is 5.29. The summed E-state index contributed by atoms with van der Waals surface area (Å²) in [6.45, 7) is 13.2. The van der Waals surface area contributed by atoms with Crippen LogP contribution in [0.2, 0.25) is 0 Å². The van der Waals surface area contributed by atoms with Gasteiger partial charge in [0, 0.05) is 17.4 Å². The summed E-state index contributed by atoms with van der Waals surface area (Å²) in [6, 6.07) is 0. The van der Waals surface area contributed by atoms with Gasteiger partial charge in [0.15, 0.2) is 0 Å². The number of imidazole rings is 1. The molecule has 1 heterocycles. The summed E-state index contributed by atoms with van der Waals surface area (Å²) in [7, 11) is 0. The highest BCUT2D eigenvalue weighted by Crippen LogP contribution is 2.28. The number of nitrogens with one attached hydrogen (secondary N) is 2. The van der Waals surface area contributed by atoms with Crippen molar-refractivity contribution in [1.82, 2.24) is 9.97 Å². The van der Waals surface area contributed by atoms with Crippen LogP contribution in [0.25, 0.3) is 0 Å². The van der Waals surface area contributed by atoms with E-state index >= 15 is 0 Å². The summed E-state index contributed by atoms with van der Waals surface area (Å²) in [5.74, 6) is 0.863. The molecule has 0 bridgehead atoms. The van der Waals surface area contributed by atoms with Gasteiger partial charge >= 0.3 is 0 Å². The number of hydrogen-bond acceptors (Lipinski definition) is 2. The van der Waals surface area contributed by atoms with Crippen molar-refractivity contribution < 1.29 is 0 Å². The number of rotatable bonds is 3. The molecule has 3 nitrogen and oxygen atoms in total. The van der Waals surface area contributed by atoms with Crippen LogP contribution in [-0.4, -0.2) is 15.5 Å². The second-order valence-corrected chi connectivity index (χ2v) is 6.16. The molecule has 0 aliphatic carbocycles. The van der Waals surface area contributed by atoms with Crippen LogP contribution in [0.1, 0.15) is 46.7 Å². The molecule has 0 amide bonds. The average molecular weight is 209 g/mol. The molecule has 15 heavy (non-hydrogen) atoms. The Morgan fingerprint density at radius 2 is 1.87 bits per heavy atom. The molecule has 1 rings (SSSR count). The third-order valence-electron chi connectivity index (χ3n) is 2.13. The van der Waals surface area contributed by atoms with E-state index in [1.165, 1.54) is 0 Å². The summed E-state index contributed by atoms with van der Waals surface area (Å²) in [4.78, 5) is 7.46. The zero-order chi connectivity index (χ0) is 11.7. The van der Waals surface area contributed by atoms with Crippen LogP contribution in [0.15, 0.2) is 6.20 Å². The number of nitrogens with zero attached hydrogens (tertiary/aromatic N) is 1. The lowest BCUT2D eigenvalue weighted by Gasteiger charge is -2.33. The smallest absolute Gasteiger partial charge is 0.200 e. The van der Waals surface area contributed by atoms with Gasteiger partial charge in [-0.3, -0.25) is 0 Å². The molecule has 0 aliphatic rings. The van der Waals surface area contributed by atoms with Crippen molar-refractivity contribution in [1.29, 1.82) is 0 Å². The van der Waals surface area contributed by atoms with Gasteiger partial charge in [-0.05, 0) is 32.6 Å². The van der Waals surface area contributed by atoms with Crippen LogP contribution in [0, 0.1) is 12.3 Å². The standard InChI is InChI=1S/C12H23N3/c1-9-7-13-10(14-9)15-12(5,6)8-11(2,3)4/h7H,8H2,1-6H3,(H2,13,14,15). The number of hydrogen-bond donors (Lipinski definition) is 2. The van der Waals surface area contributed by atoms with Gasteiger partial charge in [0.2, 0.25) is 5.95 Å². The average Bonchev–Trinajstić information content (AvgIpc) is 2.27. The van der Waals surface area contributed by atoms with E-state index in [0.29, 0.717) is 5.41 Å². The van der Waals surface area contributed by atoms with E-state index < -0.39 is 0 Å². The molecule has 0 spiro atoms. The van der Waals surface area contributed by atoms with Crippen LogP contribution < -0.4 is 5.32 Å². The minimum atomic E-state index is 0.0581. The second kappa shape index (κ2) is 3.87. The Labute approximate surface area is 92.7 Å². The number of anilines is 1. The van der Waals surface area contributed by atoms with E-state index in [1.807, 2.05) is 13.1 Å². The fourth-order valence-corrected chi connectivity index (χ4v) is 2.17. The molecule has 3 heteroatoms. The number of H-pyrrole nitrogens is 1. The Kier molecular flexibility index (Phi) is 3.12. The normalized spacial score (nSPS) is 12.9. The first-order valence-corrected chi connectivity index (χ1v) is 5.48. The van der Waals surface area contributed by atoms with E-state index in [2.05, 4.69) is 49.9 Å². The molecule has 0 fully saturated rings. The topological polar surface area (TPSA) is 40.7 Å². The molecule has 86 valence electrons. The van der Waals surface area contributed by atoms with Crippen molar-refractivity contribution >= 4 is 5.95 Å². The minimum absolute atomic E-state index is 0.0581. The van der Waals surface area contributed by atoms with Gasteiger partial charge in [0.05, 0.1) is 0 Å². The van der Waals surface area contributed by atoms with Crippen molar-refractivity contribution in [2.45, 2.75) is 53.5 Å². The maximum absolute atomic E-state index is 4.26. The Morgan fingerprint density at radius 3 is 2.27 bits per heavy atom. The van der Waals surface area contributed by atoms with Gasteiger partial charge in [0.1, 0.15) is 0 Å². The SMILES string of the molecule is Cc1cnc(NC(C)(C)CC(C)(C)C)[nH]1. The number of aromatic amines is 1. The first kappa shape index (κ1) is 12.1. The number of aromatic nitrogens is 2. The lowest BCUT2D eigenvalue weighted by Crippen LogP contribution is -2.35. The first-order valence-electron chi connectivity index (χ1n) is 5.48. The van der Waals surface area contributed by atoms with Crippen LogP contribution in [0.5, 0.6) is 0 Å². The molecular formula is C12H23N3. The predicted octanol–water partition coefficient (Wildman–Crippen LogP) is 3.34. The third-order valence-corrected chi connectivity index (χ3v) is 2.13. The van der Waals surface area contributed by atoms with Crippen molar-refractivity contribution in [2.24, 2.45) is 5.41 Å². The van der Waals surface area contributed by atoms with Crippen LogP contribution in [-0.2, 0) is 0 Å². The molecule has 0 aromatic carbocycles. The van der Waals surface area contributed by atoms with E-state index in [1.54, 1.807) is 0 Å². The summed E-state index contributed by atoms with van der Waals surface area (Å²) in [5, 5.41) is 3.43. The van der Waals surface area contributed by atoms with Crippen LogP contribution in [0.3, 0.4) is 0 Å². The van der Waals surface area contributed by atoms with Crippen molar-refractivity contribution in [3.8, 4) is 0 Å². The molecule has 0 radical (unpaired) electrons. The van der Waals surface area contributed by atoms with E-state index in [9.17, 15) is 0 Å². The van der Waals surface area contributed by atoms with Gasteiger partial charge in [-0.15, -0.1) is 0 Å². The predicted molar refractivity (Wildman–Crippen MR) is 65.1 cm³/mol. The molecular weight excluding hydrogens is 186 g/mol. The Morgan fingerprint density at radius 1 is 1.27 bits per heavy atom. The molecule has 1 aromatic rings. The maximum atomic E-state index is 4.26. The van der Waals surface area contributed by atoms with Crippen molar-refractivity contribution in [3.63, 3.8) is 0 Å². The van der Waals surface area contributed by atoms with Crippen molar-refractivity contribution in [2.75, 3.05) is 5.32 Å². The molecule has 0 aliphatic heterocycles. The molecule has 0 saturated heterocycles. The summed E-state index contributed by atoms with van der Waals surface area (Å²) in [6.07, 6.45) is 2.94. The van der Waals surface area contributed by atoms with Crippen LogP contribution >= 0.6 is 0 Å². The van der Waals surface area contributed by atoms with Gasteiger partial charge < -0.3 is 10.3 Å². The molecule has 2 N–H and O–H groups in total. The minimum Gasteiger partial charge on any atom is -0.351 e. The lowest BCUT2D eigenvalue weighted by atomic mass is 9.82. The second-order valence-electron chi connectivity index (χ2n) is 6.16. The molecule has 0 saturated carbocycles. The van der Waals surface area contributed by atoms with E-state index in [4.69, 9.17) is 0 Å². The quantitative estimate of drug-likeness (QED) is 0.801. The Hall–Kier alpha value is -0.990. The van der Waals surface area contributed by atoms with Gasteiger partial charge in [-0.2, -0.15) is 0 Å². The highest BCUT2D eigenvalue weighted by Gasteiger charge is 2.25. The fraction of sp³-hybridized carbons (Fsp3) is 0.750. The Bertz CT molecular complexity index is 318. The lowest BCUT2D eigenvalue weighted by molar-refractivity contribution is 0.301. The Balaban J connectivity index is 2.64. The van der Waals surface area contributed by atoms with Gasteiger partial charge in [-0.1, -0.05) is 20.8 Å². The van der Waals surface area contributed by atoms with Gasteiger partial charge in [-0.25, -0.2) is 4.98 Å². The summed E-state index contributed by atoms with van der Waals surface area (Å²) >= 11 is 0.